The molecule has 1 saturated carbocycles. The molecular formula is C10H19ClN2O. The van der Waals surface area contributed by atoms with Crippen molar-refractivity contribution in [3.05, 3.63) is 12.7 Å². The van der Waals surface area contributed by atoms with Crippen LogP contribution >= 0.6 is 12.4 Å². The molecule has 0 spiro atoms. The maximum Gasteiger partial charge on any atom is 0.245 e. The number of nitrogens with zero attached hydrogens (tertiary/aromatic N) is 1. The lowest BCUT2D eigenvalue weighted by atomic mass is 9.91. The van der Waals surface area contributed by atoms with Crippen molar-refractivity contribution in [1.29, 1.82) is 0 Å². The number of rotatable bonds is 2. The van der Waals surface area contributed by atoms with Gasteiger partial charge in [-0.1, -0.05) is 6.58 Å². The van der Waals surface area contributed by atoms with Gasteiger partial charge in [-0.15, -0.1) is 12.4 Å². The first kappa shape index (κ1) is 13.5. The van der Waals surface area contributed by atoms with E-state index in [0.29, 0.717) is 6.04 Å². The van der Waals surface area contributed by atoms with E-state index in [1.165, 1.54) is 6.08 Å². The van der Waals surface area contributed by atoms with Crippen molar-refractivity contribution in [2.45, 2.75) is 37.8 Å². The molecular weight excluding hydrogens is 200 g/mol. The summed E-state index contributed by atoms with van der Waals surface area (Å²) in [6.45, 7) is 3.47. The van der Waals surface area contributed by atoms with Gasteiger partial charge in [-0.2, -0.15) is 0 Å². The van der Waals surface area contributed by atoms with E-state index in [1.807, 2.05) is 7.05 Å². The van der Waals surface area contributed by atoms with E-state index in [9.17, 15) is 4.79 Å². The highest BCUT2D eigenvalue weighted by molar-refractivity contribution is 5.87. The molecule has 4 heteroatoms. The Hall–Kier alpha value is -0.540. The van der Waals surface area contributed by atoms with Crippen LogP contribution in [0.1, 0.15) is 25.7 Å². The fourth-order valence-corrected chi connectivity index (χ4v) is 1.88. The zero-order valence-corrected chi connectivity index (χ0v) is 9.43. The van der Waals surface area contributed by atoms with Gasteiger partial charge in [0.25, 0.3) is 0 Å². The Kier molecular flexibility index (Phi) is 5.81. The van der Waals surface area contributed by atoms with E-state index >= 15 is 0 Å². The molecule has 0 aromatic heterocycles. The first-order chi connectivity index (χ1) is 6.15. The highest BCUT2D eigenvalue weighted by Crippen LogP contribution is 2.21. The molecule has 0 radical (unpaired) electrons. The second-order valence-electron chi connectivity index (χ2n) is 3.73. The van der Waals surface area contributed by atoms with Gasteiger partial charge in [0.15, 0.2) is 0 Å². The maximum atomic E-state index is 11.3. The van der Waals surface area contributed by atoms with E-state index < -0.39 is 0 Å². The van der Waals surface area contributed by atoms with Crippen molar-refractivity contribution in [3.63, 3.8) is 0 Å². The van der Waals surface area contributed by atoms with Crippen molar-refractivity contribution in [2.75, 3.05) is 7.05 Å². The van der Waals surface area contributed by atoms with Crippen LogP contribution in [0.4, 0.5) is 0 Å². The molecule has 1 aliphatic carbocycles. The Morgan fingerprint density at radius 3 is 2.71 bits per heavy atom. The fourth-order valence-electron chi connectivity index (χ4n) is 1.88. The van der Waals surface area contributed by atoms with Crippen molar-refractivity contribution in [1.82, 2.24) is 4.90 Å². The third kappa shape index (κ3) is 3.31. The molecule has 1 fully saturated rings. The van der Waals surface area contributed by atoms with Crippen LogP contribution in [0.15, 0.2) is 12.7 Å². The second-order valence-corrected chi connectivity index (χ2v) is 3.73. The standard InChI is InChI=1S/C10H18N2O.ClH/c1-3-10(13)12(2)9-6-4-5-8(11)7-9;/h3,8-9H,1,4-7,11H2,2H3;1H. The zero-order chi connectivity index (χ0) is 9.84. The van der Waals surface area contributed by atoms with Crippen LogP contribution in [0, 0.1) is 0 Å². The number of hydrogen-bond acceptors (Lipinski definition) is 2. The number of hydrogen-bond donors (Lipinski definition) is 1. The van der Waals surface area contributed by atoms with Gasteiger partial charge in [0.05, 0.1) is 0 Å². The summed E-state index contributed by atoms with van der Waals surface area (Å²) < 4.78 is 0. The molecule has 3 nitrogen and oxygen atoms in total. The summed E-state index contributed by atoms with van der Waals surface area (Å²) in [5, 5.41) is 0. The van der Waals surface area contributed by atoms with Crippen molar-refractivity contribution < 1.29 is 4.79 Å². The summed E-state index contributed by atoms with van der Waals surface area (Å²) in [6, 6.07) is 0.577. The molecule has 2 N–H and O–H groups in total. The molecule has 2 atom stereocenters. The minimum absolute atomic E-state index is 0. The number of nitrogens with two attached hydrogens (primary N) is 1. The van der Waals surface area contributed by atoms with Crippen molar-refractivity contribution in [2.24, 2.45) is 5.73 Å². The Morgan fingerprint density at radius 2 is 2.21 bits per heavy atom. The number of halogens is 1. The molecule has 1 rings (SSSR count). The molecule has 2 unspecified atom stereocenters. The van der Waals surface area contributed by atoms with Gasteiger partial charge in [-0.25, -0.2) is 0 Å². The monoisotopic (exact) mass is 218 g/mol. The Labute approximate surface area is 91.7 Å². The largest absolute Gasteiger partial charge is 0.339 e. The topological polar surface area (TPSA) is 46.3 Å². The predicted molar refractivity (Wildman–Crippen MR) is 60.4 cm³/mol. The lowest BCUT2D eigenvalue weighted by Gasteiger charge is -2.33. The van der Waals surface area contributed by atoms with E-state index in [4.69, 9.17) is 5.73 Å². The molecule has 0 aliphatic heterocycles. The molecule has 82 valence electrons. The summed E-state index contributed by atoms with van der Waals surface area (Å²) >= 11 is 0. The van der Waals surface area contributed by atoms with E-state index in [-0.39, 0.29) is 24.4 Å². The highest BCUT2D eigenvalue weighted by Gasteiger charge is 2.24. The van der Waals surface area contributed by atoms with Crippen molar-refractivity contribution >= 4 is 18.3 Å². The van der Waals surface area contributed by atoms with E-state index in [1.54, 1.807) is 4.90 Å². The minimum Gasteiger partial charge on any atom is -0.339 e. The lowest BCUT2D eigenvalue weighted by molar-refractivity contribution is -0.127. The average Bonchev–Trinajstić information content (AvgIpc) is 2.15. The molecule has 0 aromatic rings. The van der Waals surface area contributed by atoms with Crippen LogP contribution in [0.5, 0.6) is 0 Å². The van der Waals surface area contributed by atoms with E-state index in [0.717, 1.165) is 25.7 Å². The fraction of sp³-hybridized carbons (Fsp3) is 0.700. The summed E-state index contributed by atoms with van der Waals surface area (Å²) in [6.07, 6.45) is 5.58. The summed E-state index contributed by atoms with van der Waals surface area (Å²) in [4.78, 5) is 13.0. The smallest absolute Gasteiger partial charge is 0.245 e. The second kappa shape index (κ2) is 6.04. The first-order valence-electron chi connectivity index (χ1n) is 4.80. The molecule has 1 aliphatic rings. The Balaban J connectivity index is 0.00000169. The van der Waals surface area contributed by atoms with Gasteiger partial charge < -0.3 is 10.6 Å². The van der Waals surface area contributed by atoms with Crippen LogP contribution in [0.25, 0.3) is 0 Å². The van der Waals surface area contributed by atoms with Gasteiger partial charge in [-0.3, -0.25) is 4.79 Å². The predicted octanol–water partition coefficient (Wildman–Crippen LogP) is 1.32. The number of likely N-dealkylation sites (N-methyl/N-ethyl adjacent to an activating group) is 1. The minimum atomic E-state index is -0.000833. The third-order valence-electron chi connectivity index (χ3n) is 2.76. The maximum absolute atomic E-state index is 11.3. The number of carbonyl (C=O) groups excluding carboxylic acids is 1. The summed E-state index contributed by atoms with van der Waals surface area (Å²) in [5.41, 5.74) is 5.84. The lowest BCUT2D eigenvalue weighted by Crippen LogP contribution is -2.42. The number of amides is 1. The Bertz CT molecular complexity index is 208. The van der Waals surface area contributed by atoms with Gasteiger partial charge >= 0.3 is 0 Å². The van der Waals surface area contributed by atoms with Gasteiger partial charge in [0.2, 0.25) is 5.91 Å². The van der Waals surface area contributed by atoms with Crippen LogP contribution in [-0.4, -0.2) is 29.9 Å². The highest BCUT2D eigenvalue weighted by atomic mass is 35.5. The summed E-state index contributed by atoms with van der Waals surface area (Å²) in [7, 11) is 1.83. The van der Waals surface area contributed by atoms with Gasteiger partial charge in [-0.05, 0) is 31.8 Å². The van der Waals surface area contributed by atoms with Gasteiger partial charge in [0, 0.05) is 19.1 Å². The van der Waals surface area contributed by atoms with Crippen LogP contribution in [-0.2, 0) is 4.79 Å². The van der Waals surface area contributed by atoms with Crippen LogP contribution in [0.2, 0.25) is 0 Å². The molecule has 0 aromatic carbocycles. The molecule has 0 saturated heterocycles. The quantitative estimate of drug-likeness (QED) is 0.711. The van der Waals surface area contributed by atoms with Crippen molar-refractivity contribution in [3.8, 4) is 0 Å². The van der Waals surface area contributed by atoms with E-state index in [2.05, 4.69) is 6.58 Å². The first-order valence-corrected chi connectivity index (χ1v) is 4.80. The Morgan fingerprint density at radius 1 is 1.57 bits per heavy atom. The molecule has 0 heterocycles. The van der Waals surface area contributed by atoms with Crippen LogP contribution < -0.4 is 5.73 Å². The molecule has 0 bridgehead atoms. The zero-order valence-electron chi connectivity index (χ0n) is 8.61. The SMILES string of the molecule is C=CC(=O)N(C)C1CCCC(N)C1.Cl. The average molecular weight is 219 g/mol. The third-order valence-corrected chi connectivity index (χ3v) is 2.76. The van der Waals surface area contributed by atoms with Crippen LogP contribution in [0.3, 0.4) is 0 Å². The van der Waals surface area contributed by atoms with Gasteiger partial charge in [0.1, 0.15) is 0 Å². The number of carbonyl (C=O) groups is 1. The normalized spacial score (nSPS) is 26.1. The summed E-state index contributed by atoms with van der Waals surface area (Å²) in [5.74, 6) is -0.000833. The molecule has 1 amide bonds. The molecule has 14 heavy (non-hydrogen) atoms.